The summed E-state index contributed by atoms with van der Waals surface area (Å²) in [5, 5.41) is 17.2. The second-order valence-corrected chi connectivity index (χ2v) is 11.8. The smallest absolute Gasteiger partial charge is 0.293 e. The molecule has 1 aromatic carbocycles. The van der Waals surface area contributed by atoms with Crippen LogP contribution in [0.4, 0.5) is 5.69 Å². The molecule has 0 bridgehead atoms. The molecule has 1 rings (SSSR count). The van der Waals surface area contributed by atoms with Gasteiger partial charge in [0.15, 0.2) is 11.5 Å². The van der Waals surface area contributed by atoms with E-state index in [-0.39, 0.29) is 65.5 Å². The van der Waals surface area contributed by atoms with E-state index in [1.807, 2.05) is 7.05 Å². The van der Waals surface area contributed by atoms with Crippen LogP contribution in [0.1, 0.15) is 92.2 Å². The number of amides is 1. The Bertz CT molecular complexity index is 987. The van der Waals surface area contributed by atoms with E-state index in [0.717, 1.165) is 26.0 Å². The molecule has 1 amide bonds. The number of benzene rings is 1. The van der Waals surface area contributed by atoms with Crippen molar-refractivity contribution >= 4 is 18.1 Å². The minimum atomic E-state index is -0.817. The van der Waals surface area contributed by atoms with E-state index in [1.165, 1.54) is 26.2 Å². The van der Waals surface area contributed by atoms with Crippen molar-refractivity contribution in [2.24, 2.45) is 5.73 Å². The maximum Gasteiger partial charge on any atom is 0.293 e. The summed E-state index contributed by atoms with van der Waals surface area (Å²) in [5.41, 5.74) is 5.13. The van der Waals surface area contributed by atoms with Gasteiger partial charge in [-0.25, -0.2) is 0 Å². The molecule has 0 spiro atoms. The quantitative estimate of drug-likeness (QED) is 0.0716. The first kappa shape index (κ1) is 41.0. The first-order valence-electron chi connectivity index (χ1n) is 15.1. The van der Waals surface area contributed by atoms with Gasteiger partial charge in [-0.15, -0.1) is 0 Å². The number of rotatable bonds is 22. The average molecular weight is 629 g/mol. The van der Waals surface area contributed by atoms with E-state index in [9.17, 15) is 19.7 Å². The van der Waals surface area contributed by atoms with E-state index in [2.05, 4.69) is 52.2 Å². The second-order valence-electron chi connectivity index (χ2n) is 11.8. The first-order chi connectivity index (χ1) is 20.6. The summed E-state index contributed by atoms with van der Waals surface area (Å²) in [6.45, 7) is 17.3. The molecule has 0 aliphatic carbocycles. The number of nitrogens with zero attached hydrogens (tertiary/aromatic N) is 1. The van der Waals surface area contributed by atoms with Crippen LogP contribution in [-0.4, -0.2) is 81.6 Å². The summed E-state index contributed by atoms with van der Waals surface area (Å²) >= 11 is 0. The number of nitrogens with one attached hydrogen (secondary N) is 2. The minimum Gasteiger partial charge on any atom is -0.493 e. The molecule has 0 heterocycles. The van der Waals surface area contributed by atoms with Crippen LogP contribution >= 0.6 is 0 Å². The number of nitro benzene ring substituents is 1. The first-order valence-corrected chi connectivity index (χ1v) is 15.1. The molecule has 4 N–H and O–H groups in total. The van der Waals surface area contributed by atoms with Crippen LogP contribution < -0.4 is 25.8 Å². The standard InChI is InChI=1S/C17H25N3O7.C14H31NO2/c1-12(27-11-21)13-9-15(25-2)16(10-14(13)20(23)24)26-8-3-5-17(22)19-7-4-6-18;1-12(2)17-14(5,6)9-11-16-13(3,4)8-10-15-7/h9-12H,3-8,18H2,1-2H3,(H,19,22);12,15H,8-11H2,1-7H3. The summed E-state index contributed by atoms with van der Waals surface area (Å²) in [6.07, 6.45) is 2.80. The van der Waals surface area contributed by atoms with E-state index < -0.39 is 11.0 Å². The highest BCUT2D eigenvalue weighted by atomic mass is 16.6. The van der Waals surface area contributed by atoms with Gasteiger partial charge in [-0.05, 0) is 100 Å². The van der Waals surface area contributed by atoms with Crippen molar-refractivity contribution in [3.05, 3.63) is 27.8 Å². The fraction of sp³-hybridized carbons (Fsp3) is 0.742. The van der Waals surface area contributed by atoms with Gasteiger partial charge >= 0.3 is 0 Å². The van der Waals surface area contributed by atoms with Gasteiger partial charge in [0.25, 0.3) is 12.2 Å². The molecule has 0 aliphatic rings. The predicted octanol–water partition coefficient (Wildman–Crippen LogP) is 4.45. The zero-order valence-corrected chi connectivity index (χ0v) is 28.2. The Morgan fingerprint density at radius 3 is 2.27 bits per heavy atom. The lowest BCUT2D eigenvalue weighted by atomic mass is 10.0. The third-order valence-electron chi connectivity index (χ3n) is 6.44. The summed E-state index contributed by atoms with van der Waals surface area (Å²) in [6, 6.07) is 2.63. The Balaban J connectivity index is 0.000000938. The highest BCUT2D eigenvalue weighted by molar-refractivity contribution is 5.75. The van der Waals surface area contributed by atoms with Crippen molar-refractivity contribution in [3.63, 3.8) is 0 Å². The van der Waals surface area contributed by atoms with Crippen molar-refractivity contribution in [1.82, 2.24) is 10.6 Å². The number of methoxy groups -OCH3 is 1. The highest BCUT2D eigenvalue weighted by Crippen LogP contribution is 2.38. The van der Waals surface area contributed by atoms with Gasteiger partial charge < -0.3 is 40.1 Å². The van der Waals surface area contributed by atoms with E-state index in [1.54, 1.807) is 0 Å². The molecular formula is C31H56N4O9. The van der Waals surface area contributed by atoms with Crippen LogP contribution in [-0.2, 0) is 23.8 Å². The summed E-state index contributed by atoms with van der Waals surface area (Å²) in [4.78, 5) is 32.9. The second kappa shape index (κ2) is 21.7. The molecule has 13 heteroatoms. The molecule has 0 aliphatic heterocycles. The van der Waals surface area contributed by atoms with E-state index in [0.29, 0.717) is 25.9 Å². The number of carbonyl (C=O) groups is 2. The Morgan fingerprint density at radius 2 is 1.73 bits per heavy atom. The van der Waals surface area contributed by atoms with Crippen molar-refractivity contribution in [3.8, 4) is 11.5 Å². The molecule has 0 radical (unpaired) electrons. The lowest BCUT2D eigenvalue weighted by Gasteiger charge is -2.31. The highest BCUT2D eigenvalue weighted by Gasteiger charge is 2.25. The summed E-state index contributed by atoms with van der Waals surface area (Å²) < 4.78 is 27.3. The van der Waals surface area contributed by atoms with Gasteiger partial charge in [0.05, 0.1) is 54.2 Å². The topological polar surface area (TPSA) is 174 Å². The fourth-order valence-corrected chi connectivity index (χ4v) is 4.08. The number of ether oxygens (including phenoxy) is 5. The normalized spacial score (nSPS) is 12.2. The van der Waals surface area contributed by atoms with Crippen molar-refractivity contribution in [2.45, 2.75) is 104 Å². The van der Waals surface area contributed by atoms with Crippen LogP contribution in [0.15, 0.2) is 12.1 Å². The van der Waals surface area contributed by atoms with Gasteiger partial charge in [-0.2, -0.15) is 0 Å². The van der Waals surface area contributed by atoms with Crippen molar-refractivity contribution < 1.29 is 38.2 Å². The molecule has 1 atom stereocenters. The largest absolute Gasteiger partial charge is 0.493 e. The summed E-state index contributed by atoms with van der Waals surface area (Å²) in [5.74, 6) is 0.333. The molecule has 0 aromatic heterocycles. The van der Waals surface area contributed by atoms with Crippen LogP contribution in [0.3, 0.4) is 0 Å². The van der Waals surface area contributed by atoms with Gasteiger partial charge in [0, 0.05) is 13.0 Å². The summed E-state index contributed by atoms with van der Waals surface area (Å²) in [7, 11) is 3.36. The van der Waals surface area contributed by atoms with Crippen LogP contribution in [0, 0.1) is 10.1 Å². The third-order valence-corrected chi connectivity index (χ3v) is 6.44. The molecule has 0 saturated carbocycles. The number of nitrogens with two attached hydrogens (primary N) is 1. The lowest BCUT2D eigenvalue weighted by molar-refractivity contribution is -0.386. The average Bonchev–Trinajstić information content (AvgIpc) is 2.93. The minimum absolute atomic E-state index is 0.0586. The Labute approximate surface area is 263 Å². The zero-order chi connectivity index (χ0) is 33.8. The van der Waals surface area contributed by atoms with Crippen molar-refractivity contribution in [2.75, 3.05) is 47.0 Å². The van der Waals surface area contributed by atoms with Crippen LogP contribution in [0.2, 0.25) is 0 Å². The third kappa shape index (κ3) is 18.0. The monoisotopic (exact) mass is 628 g/mol. The zero-order valence-electron chi connectivity index (χ0n) is 28.2. The van der Waals surface area contributed by atoms with Gasteiger partial charge in [0.1, 0.15) is 6.10 Å². The van der Waals surface area contributed by atoms with E-state index in [4.69, 9.17) is 29.4 Å². The maximum atomic E-state index is 11.6. The number of carbonyl (C=O) groups excluding carboxylic acids is 2. The van der Waals surface area contributed by atoms with Crippen molar-refractivity contribution in [1.29, 1.82) is 0 Å². The number of hydrogen-bond donors (Lipinski definition) is 3. The SMILES string of the molecule is CNCCC(C)(C)OCCC(C)(C)OC(C)C.COc1cc(C(C)OC=O)c([N+](=O)[O-])cc1OCCCC(=O)NCCCN. The molecule has 1 unspecified atom stereocenters. The van der Waals surface area contributed by atoms with Gasteiger partial charge in [-0.3, -0.25) is 19.7 Å². The Morgan fingerprint density at radius 1 is 1.05 bits per heavy atom. The Hall–Kier alpha value is -3.00. The molecule has 0 fully saturated rings. The molecule has 44 heavy (non-hydrogen) atoms. The molecule has 13 nitrogen and oxygen atoms in total. The van der Waals surface area contributed by atoms with Gasteiger partial charge in [0.2, 0.25) is 5.91 Å². The maximum absolute atomic E-state index is 11.6. The molecule has 254 valence electrons. The van der Waals surface area contributed by atoms with E-state index >= 15 is 0 Å². The van der Waals surface area contributed by atoms with Gasteiger partial charge in [-0.1, -0.05) is 0 Å². The lowest BCUT2D eigenvalue weighted by Crippen LogP contribution is -2.33. The van der Waals surface area contributed by atoms with Crippen LogP contribution in [0.5, 0.6) is 11.5 Å². The molecule has 0 saturated heterocycles. The predicted molar refractivity (Wildman–Crippen MR) is 170 cm³/mol. The fourth-order valence-electron chi connectivity index (χ4n) is 4.08. The number of nitro groups is 1. The molecule has 1 aromatic rings. The molecular weight excluding hydrogens is 572 g/mol. The van der Waals surface area contributed by atoms with Crippen LogP contribution in [0.25, 0.3) is 0 Å². The number of hydrogen-bond acceptors (Lipinski definition) is 11. The Kier molecular flexibility index (Phi) is 20.2.